The molecule has 1 amide bonds. The number of aryl methyl sites for hydroxylation is 1. The Balaban J connectivity index is 1.70. The lowest BCUT2D eigenvalue weighted by Crippen LogP contribution is -2.50. The summed E-state index contributed by atoms with van der Waals surface area (Å²) in [6, 6.07) is 8.86. The topological polar surface area (TPSA) is 54.0 Å². The van der Waals surface area contributed by atoms with Crippen LogP contribution in [0.25, 0.3) is 0 Å². The van der Waals surface area contributed by atoms with Crippen molar-refractivity contribution in [2.75, 3.05) is 11.9 Å². The first-order valence-corrected chi connectivity index (χ1v) is 10.3. The van der Waals surface area contributed by atoms with E-state index in [2.05, 4.69) is 15.6 Å². The van der Waals surface area contributed by atoms with Gasteiger partial charge in [0.15, 0.2) is 0 Å². The first-order valence-electron chi connectivity index (χ1n) is 9.93. The molecule has 1 aliphatic heterocycles. The van der Waals surface area contributed by atoms with Crippen molar-refractivity contribution in [2.45, 2.75) is 50.5 Å². The van der Waals surface area contributed by atoms with Crippen molar-refractivity contribution in [2.24, 2.45) is 5.92 Å². The molecule has 1 aliphatic carbocycles. The largest absolute Gasteiger partial charge is 0.326 e. The van der Waals surface area contributed by atoms with Gasteiger partial charge in [-0.3, -0.25) is 9.78 Å². The number of benzene rings is 1. The molecule has 2 N–H and O–H groups in total. The Morgan fingerprint density at radius 1 is 1.29 bits per heavy atom. The van der Waals surface area contributed by atoms with E-state index in [9.17, 15) is 9.18 Å². The molecule has 1 saturated heterocycles. The normalized spacial score (nSPS) is 23.7. The molecule has 1 spiro atoms. The van der Waals surface area contributed by atoms with E-state index in [1.54, 1.807) is 31.3 Å². The molecule has 1 aromatic carbocycles. The van der Waals surface area contributed by atoms with E-state index in [1.165, 1.54) is 6.42 Å². The van der Waals surface area contributed by atoms with Gasteiger partial charge in [0.05, 0.1) is 11.6 Å². The van der Waals surface area contributed by atoms with Gasteiger partial charge < -0.3 is 10.6 Å². The summed E-state index contributed by atoms with van der Waals surface area (Å²) < 4.78 is 14.9. The van der Waals surface area contributed by atoms with Crippen molar-refractivity contribution in [3.63, 3.8) is 0 Å². The minimum Gasteiger partial charge on any atom is -0.326 e. The van der Waals surface area contributed by atoms with Crippen molar-refractivity contribution < 1.29 is 9.18 Å². The highest BCUT2D eigenvalue weighted by molar-refractivity contribution is 6.30. The summed E-state index contributed by atoms with van der Waals surface area (Å²) in [5.41, 5.74) is 1.33. The summed E-state index contributed by atoms with van der Waals surface area (Å²) in [6.45, 7) is 2.26. The molecule has 148 valence electrons. The monoisotopic (exact) mass is 401 g/mol. The summed E-state index contributed by atoms with van der Waals surface area (Å²) in [7, 11) is 0. The van der Waals surface area contributed by atoms with Gasteiger partial charge in [-0.1, -0.05) is 36.9 Å². The zero-order valence-electron chi connectivity index (χ0n) is 16.0. The van der Waals surface area contributed by atoms with Gasteiger partial charge in [0.25, 0.3) is 0 Å². The van der Waals surface area contributed by atoms with E-state index in [1.807, 2.05) is 12.1 Å². The SMILES string of the molecule is Cc1nccc(C2CNC3(CCCCC3)C2C(=O)Nc2cccc(Cl)c2)c1F. The molecule has 6 heteroatoms. The molecular formula is C22H25ClFN3O. The van der Waals surface area contributed by atoms with Gasteiger partial charge in [0, 0.05) is 34.9 Å². The fourth-order valence-corrected chi connectivity index (χ4v) is 5.15. The third kappa shape index (κ3) is 3.53. The third-order valence-electron chi connectivity index (χ3n) is 6.28. The van der Waals surface area contributed by atoms with E-state index in [0.717, 1.165) is 25.7 Å². The van der Waals surface area contributed by atoms with E-state index in [4.69, 9.17) is 11.6 Å². The van der Waals surface area contributed by atoms with Crippen molar-refractivity contribution >= 4 is 23.2 Å². The number of halogens is 2. The zero-order chi connectivity index (χ0) is 19.7. The smallest absolute Gasteiger partial charge is 0.230 e. The second kappa shape index (κ2) is 7.80. The summed E-state index contributed by atoms with van der Waals surface area (Å²) in [6.07, 6.45) is 6.84. The quantitative estimate of drug-likeness (QED) is 0.774. The zero-order valence-corrected chi connectivity index (χ0v) is 16.7. The highest BCUT2D eigenvalue weighted by Crippen LogP contribution is 2.47. The van der Waals surface area contributed by atoms with E-state index >= 15 is 0 Å². The lowest BCUT2D eigenvalue weighted by molar-refractivity contribution is -0.122. The van der Waals surface area contributed by atoms with Crippen LogP contribution in [0.15, 0.2) is 36.5 Å². The number of nitrogens with zero attached hydrogens (tertiary/aromatic N) is 1. The minimum atomic E-state index is -0.344. The number of amides is 1. The maximum Gasteiger partial charge on any atom is 0.230 e. The molecule has 2 unspecified atom stereocenters. The molecule has 1 saturated carbocycles. The van der Waals surface area contributed by atoms with Crippen LogP contribution in [0.1, 0.15) is 49.3 Å². The molecule has 28 heavy (non-hydrogen) atoms. The van der Waals surface area contributed by atoms with Crippen LogP contribution >= 0.6 is 11.6 Å². The van der Waals surface area contributed by atoms with Crippen molar-refractivity contribution in [1.82, 2.24) is 10.3 Å². The van der Waals surface area contributed by atoms with E-state index in [0.29, 0.717) is 28.5 Å². The molecule has 4 rings (SSSR count). The number of aromatic nitrogens is 1. The van der Waals surface area contributed by atoms with Gasteiger partial charge in [0.1, 0.15) is 5.82 Å². The van der Waals surface area contributed by atoms with E-state index < -0.39 is 0 Å². The van der Waals surface area contributed by atoms with Crippen LogP contribution in [0.5, 0.6) is 0 Å². The number of hydrogen-bond donors (Lipinski definition) is 2. The molecule has 2 atom stereocenters. The predicted octanol–water partition coefficient (Wildman–Crippen LogP) is 4.83. The number of nitrogens with one attached hydrogen (secondary N) is 2. The fourth-order valence-electron chi connectivity index (χ4n) is 4.96. The molecule has 2 fully saturated rings. The van der Waals surface area contributed by atoms with Crippen LogP contribution in [0.3, 0.4) is 0 Å². The van der Waals surface area contributed by atoms with Crippen molar-refractivity contribution in [3.8, 4) is 0 Å². The van der Waals surface area contributed by atoms with Gasteiger partial charge in [-0.25, -0.2) is 4.39 Å². The average molecular weight is 402 g/mol. The van der Waals surface area contributed by atoms with Gasteiger partial charge in [0.2, 0.25) is 5.91 Å². The van der Waals surface area contributed by atoms with Crippen LogP contribution in [0.4, 0.5) is 10.1 Å². The van der Waals surface area contributed by atoms with Gasteiger partial charge in [-0.05, 0) is 49.6 Å². The standard InChI is InChI=1S/C22H25ClFN3O/c1-14-20(24)17(8-11-25-14)18-13-26-22(9-3-2-4-10-22)19(18)21(28)27-16-7-5-6-15(23)12-16/h5-8,11-12,18-19,26H,2-4,9-10,13H2,1H3,(H,27,28). The van der Waals surface area contributed by atoms with Crippen LogP contribution in [0, 0.1) is 18.7 Å². The maximum absolute atomic E-state index is 14.9. The van der Waals surface area contributed by atoms with E-state index in [-0.39, 0.29) is 29.1 Å². The highest BCUT2D eigenvalue weighted by atomic mass is 35.5. The van der Waals surface area contributed by atoms with Crippen molar-refractivity contribution in [1.29, 1.82) is 0 Å². The molecule has 2 aromatic rings. The predicted molar refractivity (Wildman–Crippen MR) is 109 cm³/mol. The number of rotatable bonds is 3. The third-order valence-corrected chi connectivity index (χ3v) is 6.52. The maximum atomic E-state index is 14.9. The molecular weight excluding hydrogens is 377 g/mol. The number of carbonyl (C=O) groups excluding carboxylic acids is 1. The lowest BCUT2D eigenvalue weighted by atomic mass is 9.69. The van der Waals surface area contributed by atoms with Crippen LogP contribution < -0.4 is 10.6 Å². The highest BCUT2D eigenvalue weighted by Gasteiger charge is 2.53. The summed E-state index contributed by atoms with van der Waals surface area (Å²) in [4.78, 5) is 17.5. The Bertz CT molecular complexity index is 882. The molecule has 4 nitrogen and oxygen atoms in total. The first kappa shape index (κ1) is 19.3. The Morgan fingerprint density at radius 3 is 2.82 bits per heavy atom. The number of carbonyl (C=O) groups is 1. The Hall–Kier alpha value is -1.98. The molecule has 0 radical (unpaired) electrons. The molecule has 2 aliphatic rings. The average Bonchev–Trinajstić information content (AvgIpc) is 3.03. The molecule has 0 bridgehead atoms. The first-order chi connectivity index (χ1) is 13.5. The van der Waals surface area contributed by atoms with Gasteiger partial charge in [-0.15, -0.1) is 0 Å². The van der Waals surface area contributed by atoms with Gasteiger partial charge >= 0.3 is 0 Å². The summed E-state index contributed by atoms with van der Waals surface area (Å²) in [5, 5.41) is 7.22. The summed E-state index contributed by atoms with van der Waals surface area (Å²) in [5.74, 6) is -0.946. The fraction of sp³-hybridized carbons (Fsp3) is 0.455. The van der Waals surface area contributed by atoms with Crippen LogP contribution in [-0.2, 0) is 4.79 Å². The molecule has 1 aromatic heterocycles. The molecule has 2 heterocycles. The van der Waals surface area contributed by atoms with Crippen molar-refractivity contribution in [3.05, 3.63) is 58.6 Å². The number of anilines is 1. The lowest BCUT2D eigenvalue weighted by Gasteiger charge is -2.39. The Kier molecular flexibility index (Phi) is 5.39. The second-order valence-corrected chi connectivity index (χ2v) is 8.42. The summed E-state index contributed by atoms with van der Waals surface area (Å²) >= 11 is 6.07. The Morgan fingerprint density at radius 2 is 2.07 bits per heavy atom. The Labute approximate surface area is 169 Å². The number of pyridine rings is 1. The van der Waals surface area contributed by atoms with Gasteiger partial charge in [-0.2, -0.15) is 0 Å². The number of hydrogen-bond acceptors (Lipinski definition) is 3. The van der Waals surface area contributed by atoms with Crippen LogP contribution in [0.2, 0.25) is 5.02 Å². The van der Waals surface area contributed by atoms with Crippen LogP contribution in [-0.4, -0.2) is 23.0 Å². The second-order valence-electron chi connectivity index (χ2n) is 7.98. The minimum absolute atomic E-state index is 0.0759.